The van der Waals surface area contributed by atoms with Gasteiger partial charge in [0, 0.05) is 17.5 Å². The first kappa shape index (κ1) is 25.1. The highest BCUT2D eigenvalue weighted by Crippen LogP contribution is 2.74. The highest BCUT2D eigenvalue weighted by atomic mass is 16.3. The quantitative estimate of drug-likeness (QED) is 0.460. The standard InChI is InChI=1S/C31H38N4O3/c1-17(2)30(4)16-25(37)35(29(32)34-30)27(31-14-22(15-31)18(31)3)20-9-7-10-21(12-20)28(38)33-26-23-11-6-5-8-19(23)13-24(26)36/h5-12,17-18,22,24,26-27,36H,13-16H2,1-4H3,(H2,32,34)(H,33,38)/t18?,22?,24-,26-,27?,30+,31?/m1/s1. The molecule has 0 aromatic heterocycles. The summed E-state index contributed by atoms with van der Waals surface area (Å²) in [5, 5.41) is 26.0. The zero-order valence-corrected chi connectivity index (χ0v) is 22.6. The van der Waals surface area contributed by atoms with Crippen LogP contribution in [0.5, 0.6) is 0 Å². The van der Waals surface area contributed by atoms with Crippen molar-refractivity contribution in [1.82, 2.24) is 15.5 Å². The summed E-state index contributed by atoms with van der Waals surface area (Å²) in [4.78, 5) is 28.8. The number of hydrogen-bond donors (Lipinski definition) is 4. The molecular weight excluding hydrogens is 476 g/mol. The molecule has 1 saturated heterocycles. The summed E-state index contributed by atoms with van der Waals surface area (Å²) >= 11 is 0. The molecule has 3 saturated carbocycles. The number of carbonyl (C=O) groups excluding carboxylic acids is 2. The second-order valence-corrected chi connectivity index (χ2v) is 12.6. The van der Waals surface area contributed by atoms with Crippen LogP contribution in [0.1, 0.15) is 86.1 Å². The molecule has 5 atom stereocenters. The molecule has 2 amide bonds. The molecule has 4 fully saturated rings. The number of amides is 2. The molecule has 2 aromatic carbocycles. The van der Waals surface area contributed by atoms with Gasteiger partial charge in [0.15, 0.2) is 5.96 Å². The minimum atomic E-state index is -0.665. The Balaban J connectivity index is 1.31. The molecule has 2 bridgehead atoms. The number of benzene rings is 2. The van der Waals surface area contributed by atoms with E-state index in [1.807, 2.05) is 49.4 Å². The van der Waals surface area contributed by atoms with E-state index in [1.54, 1.807) is 11.0 Å². The lowest BCUT2D eigenvalue weighted by Crippen LogP contribution is -2.70. The summed E-state index contributed by atoms with van der Waals surface area (Å²) in [6, 6.07) is 14.6. The molecule has 4 N–H and O–H groups in total. The van der Waals surface area contributed by atoms with E-state index in [0.29, 0.717) is 30.2 Å². The van der Waals surface area contributed by atoms with Gasteiger partial charge in [-0.2, -0.15) is 0 Å². The van der Waals surface area contributed by atoms with Crippen LogP contribution < -0.4 is 10.6 Å². The summed E-state index contributed by atoms with van der Waals surface area (Å²) in [7, 11) is 0. The zero-order valence-electron chi connectivity index (χ0n) is 22.6. The molecule has 2 unspecified atom stereocenters. The van der Waals surface area contributed by atoms with Crippen LogP contribution in [-0.2, 0) is 11.2 Å². The Morgan fingerprint density at radius 1 is 1.18 bits per heavy atom. The topological polar surface area (TPSA) is 106 Å². The Kier molecular flexibility index (Phi) is 5.73. The van der Waals surface area contributed by atoms with E-state index in [1.165, 1.54) is 0 Å². The third-order valence-electron chi connectivity index (χ3n) is 10.4. The lowest BCUT2D eigenvalue weighted by molar-refractivity contribution is -0.220. The van der Waals surface area contributed by atoms with Crippen LogP contribution in [0.4, 0.5) is 0 Å². The molecule has 7 nitrogen and oxygen atoms in total. The summed E-state index contributed by atoms with van der Waals surface area (Å²) in [6.45, 7) is 8.42. The van der Waals surface area contributed by atoms with E-state index in [9.17, 15) is 14.7 Å². The van der Waals surface area contributed by atoms with Gasteiger partial charge in [-0.25, -0.2) is 0 Å². The number of aliphatic hydroxyl groups is 1. The van der Waals surface area contributed by atoms with Gasteiger partial charge in [-0.3, -0.25) is 19.9 Å². The summed E-state index contributed by atoms with van der Waals surface area (Å²) in [6.07, 6.45) is 2.27. The third kappa shape index (κ3) is 3.62. The Morgan fingerprint density at radius 3 is 2.55 bits per heavy atom. The maximum Gasteiger partial charge on any atom is 0.251 e. The monoisotopic (exact) mass is 514 g/mol. The van der Waals surface area contributed by atoms with Gasteiger partial charge in [0.05, 0.1) is 24.6 Å². The van der Waals surface area contributed by atoms with Crippen molar-refractivity contribution in [3.8, 4) is 0 Å². The van der Waals surface area contributed by atoms with Crippen LogP contribution in [0.15, 0.2) is 48.5 Å². The molecule has 200 valence electrons. The number of guanidine groups is 1. The van der Waals surface area contributed by atoms with Gasteiger partial charge in [0.1, 0.15) is 0 Å². The molecule has 7 heteroatoms. The average Bonchev–Trinajstić information content (AvgIpc) is 3.16. The molecule has 0 radical (unpaired) electrons. The molecule has 2 aromatic rings. The fourth-order valence-electron chi connectivity index (χ4n) is 7.34. The fraction of sp³-hybridized carbons (Fsp3) is 0.516. The maximum atomic E-state index is 13.7. The summed E-state index contributed by atoms with van der Waals surface area (Å²) < 4.78 is 0. The first-order valence-corrected chi connectivity index (χ1v) is 13.9. The Bertz CT molecular complexity index is 1300. The minimum absolute atomic E-state index is 0.0348. The van der Waals surface area contributed by atoms with Crippen LogP contribution >= 0.6 is 0 Å². The smallest absolute Gasteiger partial charge is 0.251 e. The molecule has 5 aliphatic rings. The normalized spacial score (nSPS) is 34.2. The van der Waals surface area contributed by atoms with E-state index in [4.69, 9.17) is 5.41 Å². The second kappa shape index (κ2) is 8.67. The molecule has 1 aliphatic heterocycles. The number of carbonyl (C=O) groups is 2. The minimum Gasteiger partial charge on any atom is -0.390 e. The average molecular weight is 515 g/mol. The van der Waals surface area contributed by atoms with E-state index < -0.39 is 17.7 Å². The highest BCUT2D eigenvalue weighted by molar-refractivity contribution is 6.00. The summed E-state index contributed by atoms with van der Waals surface area (Å²) in [5.74, 6) is 1.21. The number of aliphatic hydroxyl groups excluding tert-OH is 1. The van der Waals surface area contributed by atoms with E-state index >= 15 is 0 Å². The zero-order chi connectivity index (χ0) is 27.0. The van der Waals surface area contributed by atoms with Crippen molar-refractivity contribution in [2.75, 3.05) is 0 Å². The van der Waals surface area contributed by atoms with Gasteiger partial charge in [0.2, 0.25) is 5.91 Å². The first-order chi connectivity index (χ1) is 18.0. The lowest BCUT2D eigenvalue weighted by atomic mass is 9.35. The molecule has 1 heterocycles. The van der Waals surface area contributed by atoms with Crippen molar-refractivity contribution in [2.45, 2.75) is 77.1 Å². The van der Waals surface area contributed by atoms with Crippen molar-refractivity contribution < 1.29 is 14.7 Å². The van der Waals surface area contributed by atoms with Crippen LogP contribution in [0.2, 0.25) is 0 Å². The second-order valence-electron chi connectivity index (χ2n) is 12.6. The number of hydrogen-bond acceptors (Lipinski definition) is 4. The van der Waals surface area contributed by atoms with E-state index in [2.05, 4.69) is 31.4 Å². The number of fused-ring (bicyclic) bond motifs is 1. The van der Waals surface area contributed by atoms with Crippen LogP contribution in [0.25, 0.3) is 0 Å². The summed E-state index contributed by atoms with van der Waals surface area (Å²) in [5.41, 5.74) is 2.87. The SMILES string of the molecule is CC1C2CC1(C(c1cccc(C(=O)N[C@@H]3c4ccccc4C[C@H]3O)c1)N1C(=N)N[C@](C)(C(C)C)CC1=O)C2. The van der Waals surface area contributed by atoms with Crippen molar-refractivity contribution in [3.05, 3.63) is 70.8 Å². The molecule has 38 heavy (non-hydrogen) atoms. The molecule has 4 aliphatic carbocycles. The fourth-order valence-corrected chi connectivity index (χ4v) is 7.34. The Morgan fingerprint density at radius 2 is 1.92 bits per heavy atom. The number of rotatable bonds is 6. The van der Waals surface area contributed by atoms with Crippen molar-refractivity contribution in [1.29, 1.82) is 5.41 Å². The van der Waals surface area contributed by atoms with Crippen molar-refractivity contribution in [3.63, 3.8) is 0 Å². The third-order valence-corrected chi connectivity index (χ3v) is 10.4. The predicted octanol–water partition coefficient (Wildman–Crippen LogP) is 4.33. The maximum absolute atomic E-state index is 13.7. The highest BCUT2D eigenvalue weighted by Gasteiger charge is 2.68. The number of nitrogens with one attached hydrogen (secondary N) is 3. The molecule has 0 spiro atoms. The first-order valence-electron chi connectivity index (χ1n) is 13.9. The van der Waals surface area contributed by atoms with E-state index in [-0.39, 0.29) is 35.1 Å². The van der Waals surface area contributed by atoms with Crippen LogP contribution in [-0.4, -0.2) is 39.4 Å². The largest absolute Gasteiger partial charge is 0.390 e. The number of nitrogens with zero attached hydrogens (tertiary/aromatic N) is 1. The van der Waals surface area contributed by atoms with Gasteiger partial charge >= 0.3 is 0 Å². The lowest BCUT2D eigenvalue weighted by Gasteiger charge is -2.72. The predicted molar refractivity (Wildman–Crippen MR) is 145 cm³/mol. The van der Waals surface area contributed by atoms with E-state index in [0.717, 1.165) is 29.5 Å². The van der Waals surface area contributed by atoms with Crippen LogP contribution in [0, 0.1) is 28.6 Å². The van der Waals surface area contributed by atoms with Gasteiger partial charge in [-0.15, -0.1) is 0 Å². The van der Waals surface area contributed by atoms with Crippen molar-refractivity contribution >= 4 is 17.8 Å². The van der Waals surface area contributed by atoms with Crippen molar-refractivity contribution in [2.24, 2.45) is 23.2 Å². The van der Waals surface area contributed by atoms with Gasteiger partial charge in [-0.1, -0.05) is 57.2 Å². The van der Waals surface area contributed by atoms with Gasteiger partial charge < -0.3 is 15.7 Å². The Hall–Kier alpha value is -3.19. The molecular formula is C31H38N4O3. The van der Waals surface area contributed by atoms with Crippen LogP contribution in [0.3, 0.4) is 0 Å². The van der Waals surface area contributed by atoms with Gasteiger partial charge in [0.25, 0.3) is 5.91 Å². The Labute approximate surface area is 224 Å². The molecule has 7 rings (SSSR count). The van der Waals surface area contributed by atoms with Gasteiger partial charge in [-0.05, 0) is 71.8 Å².